The van der Waals surface area contributed by atoms with Crippen LogP contribution in [0.25, 0.3) is 0 Å². The van der Waals surface area contributed by atoms with Crippen molar-refractivity contribution in [2.75, 3.05) is 19.7 Å². The summed E-state index contributed by atoms with van der Waals surface area (Å²) in [6.45, 7) is 12.3. The third-order valence-corrected chi connectivity index (χ3v) is 4.93. The van der Waals surface area contributed by atoms with Crippen molar-refractivity contribution in [3.8, 4) is 0 Å². The van der Waals surface area contributed by atoms with Gasteiger partial charge in [-0.15, -0.1) is 0 Å². The van der Waals surface area contributed by atoms with E-state index in [0.29, 0.717) is 17.6 Å². The van der Waals surface area contributed by atoms with Crippen LogP contribution in [0.2, 0.25) is 0 Å². The Morgan fingerprint density at radius 2 is 2.06 bits per heavy atom. The minimum Gasteiger partial charge on any atom is -0.377 e. The monoisotopic (exact) mass is 240 g/mol. The van der Waals surface area contributed by atoms with Crippen molar-refractivity contribution < 1.29 is 4.74 Å². The average molecular weight is 240 g/mol. The average Bonchev–Trinajstić information content (AvgIpc) is 2.58. The summed E-state index contributed by atoms with van der Waals surface area (Å²) < 4.78 is 5.68. The molecule has 0 spiro atoms. The lowest BCUT2D eigenvalue weighted by Crippen LogP contribution is -2.57. The van der Waals surface area contributed by atoms with E-state index in [9.17, 15) is 0 Å². The lowest BCUT2D eigenvalue weighted by Gasteiger charge is -2.41. The van der Waals surface area contributed by atoms with Crippen molar-refractivity contribution >= 4 is 0 Å². The molecule has 2 aliphatic rings. The second-order valence-electron chi connectivity index (χ2n) is 6.66. The van der Waals surface area contributed by atoms with Gasteiger partial charge in [0.05, 0.1) is 6.10 Å². The summed E-state index contributed by atoms with van der Waals surface area (Å²) in [6, 6.07) is 0.584. The third-order valence-electron chi connectivity index (χ3n) is 4.93. The smallest absolute Gasteiger partial charge is 0.0726 e. The molecule has 2 aliphatic heterocycles. The van der Waals surface area contributed by atoms with Gasteiger partial charge in [-0.2, -0.15) is 0 Å². The first-order chi connectivity index (χ1) is 7.94. The minimum absolute atomic E-state index is 0.162. The lowest BCUT2D eigenvalue weighted by molar-refractivity contribution is 0.0825. The molecule has 0 aromatic carbocycles. The van der Waals surface area contributed by atoms with Crippen LogP contribution in [0.1, 0.15) is 47.0 Å². The largest absolute Gasteiger partial charge is 0.377 e. The van der Waals surface area contributed by atoms with Crippen LogP contribution in [-0.2, 0) is 4.74 Å². The van der Waals surface area contributed by atoms with Gasteiger partial charge >= 0.3 is 0 Å². The van der Waals surface area contributed by atoms with Crippen LogP contribution < -0.4 is 10.6 Å². The zero-order valence-corrected chi connectivity index (χ0v) is 11.8. The second-order valence-corrected chi connectivity index (χ2v) is 6.66. The molecular weight excluding hydrogens is 212 g/mol. The Morgan fingerprint density at radius 3 is 2.65 bits per heavy atom. The normalized spacial score (nSPS) is 41.6. The van der Waals surface area contributed by atoms with Crippen LogP contribution in [0, 0.1) is 5.41 Å². The van der Waals surface area contributed by atoms with Crippen LogP contribution in [0.3, 0.4) is 0 Å². The van der Waals surface area contributed by atoms with Gasteiger partial charge in [0, 0.05) is 24.7 Å². The Kier molecular flexibility index (Phi) is 3.81. The summed E-state index contributed by atoms with van der Waals surface area (Å²) in [7, 11) is 0. The molecule has 0 amide bonds. The number of ether oxygens (including phenoxy) is 1. The predicted molar refractivity (Wildman–Crippen MR) is 71.2 cm³/mol. The molecule has 100 valence electrons. The second kappa shape index (κ2) is 4.87. The molecule has 3 unspecified atom stereocenters. The molecule has 3 nitrogen and oxygen atoms in total. The maximum Gasteiger partial charge on any atom is 0.0726 e. The van der Waals surface area contributed by atoms with Gasteiger partial charge in [0.1, 0.15) is 0 Å². The Balaban J connectivity index is 1.89. The van der Waals surface area contributed by atoms with Crippen LogP contribution in [0.5, 0.6) is 0 Å². The number of nitrogens with one attached hydrogen (secondary N) is 2. The summed E-state index contributed by atoms with van der Waals surface area (Å²) in [5.74, 6) is 0. The summed E-state index contributed by atoms with van der Waals surface area (Å²) in [5.41, 5.74) is 0.569. The first kappa shape index (κ1) is 13.3. The molecule has 0 bridgehead atoms. The van der Waals surface area contributed by atoms with E-state index < -0.39 is 0 Å². The molecule has 2 rings (SSSR count). The van der Waals surface area contributed by atoms with Crippen molar-refractivity contribution in [2.24, 2.45) is 5.41 Å². The number of hydrogen-bond donors (Lipinski definition) is 2. The predicted octanol–water partition coefficient (Wildman–Crippen LogP) is 1.92. The summed E-state index contributed by atoms with van der Waals surface area (Å²) in [6.07, 6.45) is 4.09. The van der Waals surface area contributed by atoms with Gasteiger partial charge in [-0.1, -0.05) is 13.8 Å². The zero-order chi connectivity index (χ0) is 12.5. The van der Waals surface area contributed by atoms with Crippen molar-refractivity contribution in [2.45, 2.75) is 64.6 Å². The fourth-order valence-electron chi connectivity index (χ4n) is 3.02. The van der Waals surface area contributed by atoms with E-state index in [2.05, 4.69) is 38.3 Å². The summed E-state index contributed by atoms with van der Waals surface area (Å²) in [4.78, 5) is 0. The van der Waals surface area contributed by atoms with E-state index in [4.69, 9.17) is 4.74 Å². The van der Waals surface area contributed by atoms with Crippen LogP contribution in [0.4, 0.5) is 0 Å². The molecule has 0 aliphatic carbocycles. The van der Waals surface area contributed by atoms with Gasteiger partial charge in [-0.05, 0) is 45.1 Å². The first-order valence-corrected chi connectivity index (χ1v) is 7.04. The highest BCUT2D eigenvalue weighted by Crippen LogP contribution is 2.31. The summed E-state index contributed by atoms with van der Waals surface area (Å²) in [5, 5.41) is 7.41. The SMILES string of the molecule is CC1OCCC1(C)NCC1NCCCC1(C)C. The van der Waals surface area contributed by atoms with Gasteiger partial charge in [-0.25, -0.2) is 0 Å². The van der Waals surface area contributed by atoms with E-state index >= 15 is 0 Å². The molecule has 2 fully saturated rings. The Bertz CT molecular complexity index is 267. The van der Waals surface area contributed by atoms with E-state index in [1.54, 1.807) is 0 Å². The van der Waals surface area contributed by atoms with Gasteiger partial charge in [0.2, 0.25) is 0 Å². The molecule has 0 saturated carbocycles. The Morgan fingerprint density at radius 1 is 1.29 bits per heavy atom. The Labute approximate surface area is 106 Å². The third kappa shape index (κ3) is 2.83. The molecule has 0 aromatic heterocycles. The first-order valence-electron chi connectivity index (χ1n) is 7.04. The van der Waals surface area contributed by atoms with E-state index in [1.807, 2.05) is 0 Å². The Hall–Kier alpha value is -0.120. The fourth-order valence-corrected chi connectivity index (χ4v) is 3.02. The number of piperidine rings is 1. The maximum atomic E-state index is 5.68. The highest BCUT2D eigenvalue weighted by atomic mass is 16.5. The van der Waals surface area contributed by atoms with Gasteiger partial charge in [-0.3, -0.25) is 0 Å². The molecule has 0 aromatic rings. The molecule has 2 N–H and O–H groups in total. The van der Waals surface area contributed by atoms with Gasteiger partial charge < -0.3 is 15.4 Å². The lowest BCUT2D eigenvalue weighted by atomic mass is 9.77. The van der Waals surface area contributed by atoms with Crippen molar-refractivity contribution in [1.29, 1.82) is 0 Å². The fraction of sp³-hybridized carbons (Fsp3) is 1.00. The molecule has 0 radical (unpaired) electrons. The van der Waals surface area contributed by atoms with E-state index in [-0.39, 0.29) is 5.54 Å². The molecule has 2 heterocycles. The minimum atomic E-state index is 0.162. The van der Waals surface area contributed by atoms with Crippen molar-refractivity contribution in [1.82, 2.24) is 10.6 Å². The van der Waals surface area contributed by atoms with Gasteiger partial charge in [0.15, 0.2) is 0 Å². The summed E-state index contributed by atoms with van der Waals surface area (Å²) >= 11 is 0. The quantitative estimate of drug-likeness (QED) is 0.791. The van der Waals surface area contributed by atoms with Crippen LogP contribution in [0.15, 0.2) is 0 Å². The maximum absolute atomic E-state index is 5.68. The van der Waals surface area contributed by atoms with Crippen LogP contribution >= 0.6 is 0 Å². The van der Waals surface area contributed by atoms with Gasteiger partial charge in [0.25, 0.3) is 0 Å². The van der Waals surface area contributed by atoms with Crippen molar-refractivity contribution in [3.05, 3.63) is 0 Å². The zero-order valence-electron chi connectivity index (χ0n) is 11.8. The number of rotatable bonds is 3. The van der Waals surface area contributed by atoms with E-state index in [0.717, 1.165) is 19.6 Å². The molecule has 3 heteroatoms. The van der Waals surface area contributed by atoms with E-state index in [1.165, 1.54) is 19.4 Å². The topological polar surface area (TPSA) is 33.3 Å². The molecule has 2 saturated heterocycles. The molecular formula is C14H28N2O. The molecule has 17 heavy (non-hydrogen) atoms. The molecule has 3 atom stereocenters. The van der Waals surface area contributed by atoms with Crippen molar-refractivity contribution in [3.63, 3.8) is 0 Å². The highest BCUT2D eigenvalue weighted by Gasteiger charge is 2.39. The highest BCUT2D eigenvalue weighted by molar-refractivity contribution is 4.97. The standard InChI is InChI=1S/C14H28N2O/c1-11-14(4,7-9-17-11)16-10-12-13(2,3)6-5-8-15-12/h11-12,15-16H,5-10H2,1-4H3. The van der Waals surface area contributed by atoms with Crippen LogP contribution in [-0.4, -0.2) is 37.4 Å². The number of hydrogen-bond acceptors (Lipinski definition) is 3.